The van der Waals surface area contributed by atoms with E-state index in [0.29, 0.717) is 44.1 Å². The van der Waals surface area contributed by atoms with Gasteiger partial charge in [-0.25, -0.2) is 0 Å². The molecule has 0 saturated carbocycles. The maximum Gasteiger partial charge on any atom is 0.253 e. The van der Waals surface area contributed by atoms with Gasteiger partial charge < -0.3 is 21.7 Å². The number of rotatable bonds is 7. The Balaban J connectivity index is 2.90. The van der Waals surface area contributed by atoms with E-state index in [1.165, 1.54) is 0 Å². The van der Waals surface area contributed by atoms with Crippen molar-refractivity contribution in [1.82, 2.24) is 0 Å². The molecule has 0 bridgehead atoms. The van der Waals surface area contributed by atoms with Gasteiger partial charge in [0.05, 0.1) is 0 Å². The minimum atomic E-state index is -0.459. The Morgan fingerprint density at radius 3 is 2.38 bits per heavy atom. The summed E-state index contributed by atoms with van der Waals surface area (Å²) < 4.78 is 0. The number of hydrogen-bond acceptors (Lipinski definition) is 6. The molecule has 1 aromatic carbocycles. The predicted octanol–water partition coefficient (Wildman–Crippen LogP) is -1.56. The Hall–Kier alpha value is -1.40. The fraction of sp³-hybridized carbons (Fsp3) is 0.600. The highest BCUT2D eigenvalue weighted by Gasteiger charge is 2.24. The van der Waals surface area contributed by atoms with Gasteiger partial charge in [-0.2, -0.15) is 0 Å². The van der Waals surface area contributed by atoms with E-state index in [1.807, 2.05) is 11.8 Å². The van der Waals surface area contributed by atoms with Gasteiger partial charge in [-0.15, -0.1) is 0 Å². The maximum atomic E-state index is 11.4. The summed E-state index contributed by atoms with van der Waals surface area (Å²) in [5, 5.41) is 2.87. The van der Waals surface area contributed by atoms with Crippen molar-refractivity contribution in [3.05, 3.63) is 20.4 Å². The summed E-state index contributed by atoms with van der Waals surface area (Å²) in [5.74, 6) is 0. The summed E-state index contributed by atoms with van der Waals surface area (Å²) in [6.45, 7) is 4.49. The molecule has 1 aromatic rings. The molecule has 0 amide bonds. The van der Waals surface area contributed by atoms with Crippen LogP contribution in [0.15, 0.2) is 9.59 Å². The summed E-state index contributed by atoms with van der Waals surface area (Å²) in [5.41, 5.74) is 10.7. The molecule has 90 valence electrons. The number of hydrogen-bond donors (Lipinski definition) is 3. The van der Waals surface area contributed by atoms with Crippen LogP contribution < -0.4 is 32.5 Å². The van der Waals surface area contributed by atoms with E-state index in [9.17, 15) is 9.59 Å². The van der Waals surface area contributed by atoms with Crippen molar-refractivity contribution in [3.8, 4) is 0 Å². The van der Waals surface area contributed by atoms with Crippen molar-refractivity contribution in [2.75, 3.05) is 42.9 Å². The lowest BCUT2D eigenvalue weighted by atomic mass is 10.1. The van der Waals surface area contributed by atoms with Gasteiger partial charge in [0.15, 0.2) is 0 Å². The first-order valence-electron chi connectivity index (χ1n) is 5.39. The van der Waals surface area contributed by atoms with E-state index in [2.05, 4.69) is 5.32 Å². The molecule has 6 nitrogen and oxygen atoms in total. The van der Waals surface area contributed by atoms with Crippen molar-refractivity contribution in [1.29, 1.82) is 0 Å². The van der Waals surface area contributed by atoms with Crippen LogP contribution in [0.4, 0.5) is 11.4 Å². The lowest BCUT2D eigenvalue weighted by Crippen LogP contribution is -2.44. The first kappa shape index (κ1) is 12.7. The molecule has 0 spiro atoms. The molecule has 0 fully saturated rings. The molecule has 0 aliphatic carbocycles. The van der Waals surface area contributed by atoms with E-state index < -0.39 is 10.9 Å². The third kappa shape index (κ3) is 2.23. The van der Waals surface area contributed by atoms with Gasteiger partial charge >= 0.3 is 0 Å². The fourth-order valence-corrected chi connectivity index (χ4v) is 1.63. The lowest BCUT2D eigenvalue weighted by Gasteiger charge is -2.25. The smallest absolute Gasteiger partial charge is 0.253 e. The highest BCUT2D eigenvalue weighted by Crippen LogP contribution is 2.18. The molecule has 0 atom stereocenters. The number of nitrogens with one attached hydrogen (secondary N) is 1. The lowest BCUT2D eigenvalue weighted by molar-refractivity contribution is 0.808. The average Bonchev–Trinajstić information content (AvgIpc) is 2.31. The van der Waals surface area contributed by atoms with Gasteiger partial charge in [0, 0.05) is 32.7 Å². The molecule has 1 rings (SSSR count). The molecule has 16 heavy (non-hydrogen) atoms. The quantitative estimate of drug-likeness (QED) is 0.486. The zero-order valence-corrected chi connectivity index (χ0v) is 9.45. The predicted molar refractivity (Wildman–Crippen MR) is 65.8 cm³/mol. The van der Waals surface area contributed by atoms with Crippen LogP contribution >= 0.6 is 0 Å². The Morgan fingerprint density at radius 2 is 1.88 bits per heavy atom. The van der Waals surface area contributed by atoms with Crippen LogP contribution in [-0.2, 0) is 0 Å². The molecule has 0 heterocycles. The Labute approximate surface area is 93.9 Å². The van der Waals surface area contributed by atoms with Crippen molar-refractivity contribution in [2.45, 2.75) is 6.92 Å². The van der Waals surface area contributed by atoms with Crippen LogP contribution in [-0.4, -0.2) is 32.7 Å². The van der Waals surface area contributed by atoms with Crippen LogP contribution in [0.25, 0.3) is 0 Å². The topological polar surface area (TPSA) is 101 Å². The summed E-state index contributed by atoms with van der Waals surface area (Å²) in [7, 11) is 0. The summed E-state index contributed by atoms with van der Waals surface area (Å²) in [6, 6.07) is 0. The highest BCUT2D eigenvalue weighted by molar-refractivity contribution is 5.75. The van der Waals surface area contributed by atoms with E-state index >= 15 is 0 Å². The summed E-state index contributed by atoms with van der Waals surface area (Å²) in [6.07, 6.45) is 0. The molecule has 0 aliphatic rings. The minimum absolute atomic E-state index is 0.380. The van der Waals surface area contributed by atoms with Crippen LogP contribution in [0, 0.1) is 0 Å². The molecule has 5 N–H and O–H groups in total. The number of nitrogens with two attached hydrogens (primary N) is 2. The Bertz CT molecular complexity index is 409. The third-order valence-electron chi connectivity index (χ3n) is 2.43. The summed E-state index contributed by atoms with van der Waals surface area (Å²) in [4.78, 5) is 24.6. The second-order valence-electron chi connectivity index (χ2n) is 3.47. The Kier molecular flexibility index (Phi) is 4.45. The molecule has 0 unspecified atom stereocenters. The van der Waals surface area contributed by atoms with Crippen LogP contribution in [0.1, 0.15) is 6.92 Å². The minimum Gasteiger partial charge on any atom is -0.379 e. The van der Waals surface area contributed by atoms with Crippen LogP contribution in [0.3, 0.4) is 0 Å². The van der Waals surface area contributed by atoms with Gasteiger partial charge in [-0.05, 0) is 6.92 Å². The SMILES string of the molecule is CCN(CCN)c1c(NCCN)c(=O)c1=O. The van der Waals surface area contributed by atoms with E-state index in [4.69, 9.17) is 11.5 Å². The molecular formula is C10H18N4O2. The second-order valence-corrected chi connectivity index (χ2v) is 3.47. The zero-order valence-electron chi connectivity index (χ0n) is 9.45. The fourth-order valence-electron chi connectivity index (χ4n) is 1.63. The first-order chi connectivity index (χ1) is 7.67. The third-order valence-corrected chi connectivity index (χ3v) is 2.43. The molecule has 6 heteroatoms. The van der Waals surface area contributed by atoms with Gasteiger partial charge in [0.1, 0.15) is 11.4 Å². The number of anilines is 2. The molecular weight excluding hydrogens is 208 g/mol. The van der Waals surface area contributed by atoms with Crippen molar-refractivity contribution in [3.63, 3.8) is 0 Å². The van der Waals surface area contributed by atoms with Crippen molar-refractivity contribution < 1.29 is 0 Å². The molecule has 0 radical (unpaired) electrons. The highest BCUT2D eigenvalue weighted by atomic mass is 16.2. The van der Waals surface area contributed by atoms with E-state index in [1.54, 1.807) is 0 Å². The Morgan fingerprint density at radius 1 is 1.19 bits per heavy atom. The van der Waals surface area contributed by atoms with Crippen LogP contribution in [0.5, 0.6) is 0 Å². The van der Waals surface area contributed by atoms with E-state index in [-0.39, 0.29) is 0 Å². The van der Waals surface area contributed by atoms with Gasteiger partial charge in [-0.1, -0.05) is 0 Å². The van der Waals surface area contributed by atoms with Gasteiger partial charge in [0.2, 0.25) is 0 Å². The molecule has 0 saturated heterocycles. The zero-order chi connectivity index (χ0) is 12.1. The monoisotopic (exact) mass is 226 g/mol. The molecule has 0 aromatic heterocycles. The second kappa shape index (κ2) is 5.62. The van der Waals surface area contributed by atoms with Crippen LogP contribution in [0.2, 0.25) is 0 Å². The van der Waals surface area contributed by atoms with Gasteiger partial charge in [-0.3, -0.25) is 9.59 Å². The normalized spacial score (nSPS) is 10.7. The standard InChI is InChI=1S/C10H18N4O2/c1-2-14(6-4-12)8-7(13-5-3-11)9(15)10(8)16/h13H,2-6,11-12H2,1H3. The number of likely N-dealkylation sites (N-methyl/N-ethyl adjacent to an activating group) is 1. The molecule has 0 aliphatic heterocycles. The summed E-state index contributed by atoms with van der Waals surface area (Å²) >= 11 is 0. The van der Waals surface area contributed by atoms with Gasteiger partial charge in [0.25, 0.3) is 10.9 Å². The largest absolute Gasteiger partial charge is 0.379 e. The van der Waals surface area contributed by atoms with E-state index in [0.717, 1.165) is 0 Å². The maximum absolute atomic E-state index is 11.4. The first-order valence-corrected chi connectivity index (χ1v) is 5.39. The van der Waals surface area contributed by atoms with Crippen molar-refractivity contribution >= 4 is 11.4 Å². The number of nitrogens with zero attached hydrogens (tertiary/aromatic N) is 1. The average molecular weight is 226 g/mol. The van der Waals surface area contributed by atoms with Crippen molar-refractivity contribution in [2.24, 2.45) is 11.5 Å².